The number of alkyl halides is 3. The van der Waals surface area contributed by atoms with E-state index in [4.69, 9.17) is 5.73 Å². The third-order valence-corrected chi connectivity index (χ3v) is 2.65. The Hall–Kier alpha value is -0.230. The van der Waals surface area contributed by atoms with Crippen LogP contribution in [-0.4, -0.2) is 23.3 Å². The summed E-state index contributed by atoms with van der Waals surface area (Å²) in [5.74, 6) is -0.668. The number of hydrogen-bond donors (Lipinski definition) is 2. The van der Waals surface area contributed by atoms with Crippen molar-refractivity contribution in [3.8, 4) is 0 Å². The van der Waals surface area contributed by atoms with Crippen LogP contribution in [0.4, 0.5) is 8.78 Å². The van der Waals surface area contributed by atoms with Crippen molar-refractivity contribution >= 4 is 21.8 Å². The lowest BCUT2D eigenvalue weighted by Gasteiger charge is -2.16. The Morgan fingerprint density at radius 2 is 2.21 bits per heavy atom. The lowest BCUT2D eigenvalue weighted by Crippen LogP contribution is -2.41. The van der Waals surface area contributed by atoms with Gasteiger partial charge in [-0.25, -0.2) is 0 Å². The molecule has 2 atom stereocenters. The third-order valence-electron chi connectivity index (χ3n) is 2.37. The lowest BCUT2D eigenvalue weighted by molar-refractivity contribution is -0.126. The standard InChI is InChI=1S/C8H13BrF2N2O/c9-8(10,11)4-13-7(14)5-2-1-3-6(5)12/h5-6H,1-4,12H2,(H,13,14)/t5-,6+/m0/s1. The molecule has 0 radical (unpaired) electrons. The molecule has 0 aromatic carbocycles. The Bertz CT molecular complexity index is 220. The first-order valence-corrected chi connectivity index (χ1v) is 5.29. The number of rotatable bonds is 3. The van der Waals surface area contributed by atoms with Gasteiger partial charge in [0.15, 0.2) is 0 Å². The molecule has 1 aliphatic rings. The quantitative estimate of drug-likeness (QED) is 0.758. The highest BCUT2D eigenvalue weighted by Gasteiger charge is 2.32. The maximum atomic E-state index is 12.3. The van der Waals surface area contributed by atoms with E-state index in [1.807, 2.05) is 0 Å². The van der Waals surface area contributed by atoms with Crippen LogP contribution in [0.3, 0.4) is 0 Å². The second-order valence-electron chi connectivity index (χ2n) is 3.53. The summed E-state index contributed by atoms with van der Waals surface area (Å²) in [6.07, 6.45) is 2.38. The molecule has 82 valence electrons. The molecule has 0 aliphatic heterocycles. The van der Waals surface area contributed by atoms with Crippen LogP contribution < -0.4 is 11.1 Å². The van der Waals surface area contributed by atoms with E-state index in [9.17, 15) is 13.6 Å². The summed E-state index contributed by atoms with van der Waals surface area (Å²) in [5, 5.41) is 2.18. The molecular weight excluding hydrogens is 258 g/mol. The smallest absolute Gasteiger partial charge is 0.318 e. The Balaban J connectivity index is 2.35. The minimum absolute atomic E-state index is 0.182. The normalized spacial score (nSPS) is 27.7. The van der Waals surface area contributed by atoms with Crippen molar-refractivity contribution in [2.75, 3.05) is 6.54 Å². The average Bonchev–Trinajstić information content (AvgIpc) is 2.46. The van der Waals surface area contributed by atoms with E-state index < -0.39 is 11.4 Å². The average molecular weight is 271 g/mol. The van der Waals surface area contributed by atoms with Gasteiger partial charge >= 0.3 is 4.83 Å². The molecular formula is C8H13BrF2N2O. The van der Waals surface area contributed by atoms with Crippen LogP contribution in [0, 0.1) is 5.92 Å². The minimum Gasteiger partial charge on any atom is -0.349 e. The fraction of sp³-hybridized carbons (Fsp3) is 0.875. The van der Waals surface area contributed by atoms with Crippen molar-refractivity contribution in [1.29, 1.82) is 0 Å². The fourth-order valence-electron chi connectivity index (χ4n) is 1.63. The predicted octanol–water partition coefficient (Wildman–Crippen LogP) is 1.22. The Kier molecular flexibility index (Phi) is 3.83. The van der Waals surface area contributed by atoms with E-state index in [0.29, 0.717) is 6.42 Å². The van der Waals surface area contributed by atoms with Crippen molar-refractivity contribution in [2.24, 2.45) is 11.7 Å². The van der Waals surface area contributed by atoms with Gasteiger partial charge in [-0.15, -0.1) is 0 Å². The van der Waals surface area contributed by atoms with E-state index >= 15 is 0 Å². The number of hydrogen-bond acceptors (Lipinski definition) is 2. The summed E-state index contributed by atoms with van der Waals surface area (Å²) >= 11 is 2.15. The summed E-state index contributed by atoms with van der Waals surface area (Å²) in [5.41, 5.74) is 5.66. The summed E-state index contributed by atoms with van der Waals surface area (Å²) < 4.78 is 24.7. The molecule has 1 saturated carbocycles. The number of nitrogens with one attached hydrogen (secondary N) is 1. The monoisotopic (exact) mass is 270 g/mol. The van der Waals surface area contributed by atoms with E-state index in [0.717, 1.165) is 12.8 Å². The zero-order valence-corrected chi connectivity index (χ0v) is 9.19. The van der Waals surface area contributed by atoms with Gasteiger partial charge in [0, 0.05) is 6.04 Å². The second kappa shape index (κ2) is 4.53. The summed E-state index contributed by atoms with van der Waals surface area (Å²) in [4.78, 5) is 8.32. The summed E-state index contributed by atoms with van der Waals surface area (Å²) in [7, 11) is 0. The van der Waals surface area contributed by atoms with Crippen molar-refractivity contribution < 1.29 is 13.6 Å². The largest absolute Gasteiger partial charge is 0.349 e. The van der Waals surface area contributed by atoms with Gasteiger partial charge in [-0.2, -0.15) is 8.78 Å². The summed E-state index contributed by atoms with van der Waals surface area (Å²) in [6, 6.07) is -0.182. The van der Waals surface area contributed by atoms with E-state index in [1.54, 1.807) is 0 Å². The molecule has 1 fully saturated rings. The molecule has 1 rings (SSSR count). The number of halogens is 3. The molecule has 1 aliphatic carbocycles. The maximum Gasteiger partial charge on any atom is 0.318 e. The van der Waals surface area contributed by atoms with E-state index in [2.05, 4.69) is 21.2 Å². The van der Waals surface area contributed by atoms with Crippen LogP contribution in [0.2, 0.25) is 0 Å². The van der Waals surface area contributed by atoms with Crippen LogP contribution in [0.15, 0.2) is 0 Å². The third kappa shape index (κ3) is 3.49. The first-order valence-electron chi connectivity index (χ1n) is 4.50. The van der Waals surface area contributed by atoms with Gasteiger partial charge in [0.2, 0.25) is 5.91 Å². The van der Waals surface area contributed by atoms with Crippen LogP contribution in [0.25, 0.3) is 0 Å². The minimum atomic E-state index is -3.04. The van der Waals surface area contributed by atoms with Gasteiger partial charge < -0.3 is 11.1 Å². The lowest BCUT2D eigenvalue weighted by atomic mass is 10.0. The second-order valence-corrected chi connectivity index (χ2v) is 4.69. The van der Waals surface area contributed by atoms with Crippen LogP contribution >= 0.6 is 15.9 Å². The highest BCUT2D eigenvalue weighted by molar-refractivity contribution is 9.10. The SMILES string of the molecule is N[C@@H]1CCC[C@@H]1C(=O)NCC(F)(F)Br. The van der Waals surface area contributed by atoms with E-state index in [1.165, 1.54) is 0 Å². The van der Waals surface area contributed by atoms with Crippen LogP contribution in [-0.2, 0) is 4.79 Å². The van der Waals surface area contributed by atoms with Gasteiger partial charge in [0.05, 0.1) is 12.5 Å². The van der Waals surface area contributed by atoms with Crippen molar-refractivity contribution in [3.63, 3.8) is 0 Å². The Morgan fingerprint density at radius 3 is 2.64 bits per heavy atom. The van der Waals surface area contributed by atoms with Gasteiger partial charge in [-0.05, 0) is 28.8 Å². The topological polar surface area (TPSA) is 55.1 Å². The van der Waals surface area contributed by atoms with Gasteiger partial charge in [-0.3, -0.25) is 4.79 Å². The fourth-order valence-corrected chi connectivity index (χ4v) is 1.77. The first kappa shape index (κ1) is 11.8. The van der Waals surface area contributed by atoms with Crippen molar-refractivity contribution in [3.05, 3.63) is 0 Å². The molecule has 3 nitrogen and oxygen atoms in total. The maximum absolute atomic E-state index is 12.3. The van der Waals surface area contributed by atoms with Crippen molar-refractivity contribution in [1.82, 2.24) is 5.32 Å². The molecule has 0 aromatic heterocycles. The Labute approximate surface area is 89.5 Å². The van der Waals surface area contributed by atoms with Crippen LogP contribution in [0.1, 0.15) is 19.3 Å². The molecule has 1 amide bonds. The highest BCUT2D eigenvalue weighted by atomic mass is 79.9. The molecule has 0 heterocycles. The zero-order chi connectivity index (χ0) is 10.8. The van der Waals surface area contributed by atoms with Gasteiger partial charge in [0.25, 0.3) is 0 Å². The molecule has 14 heavy (non-hydrogen) atoms. The first-order chi connectivity index (χ1) is 6.40. The summed E-state index contributed by atoms with van der Waals surface area (Å²) in [6.45, 7) is -0.685. The Morgan fingerprint density at radius 1 is 1.57 bits per heavy atom. The molecule has 0 unspecified atom stereocenters. The van der Waals surface area contributed by atoms with Gasteiger partial charge in [0.1, 0.15) is 0 Å². The number of carbonyl (C=O) groups is 1. The molecule has 0 spiro atoms. The molecule has 0 aromatic rings. The van der Waals surface area contributed by atoms with Gasteiger partial charge in [-0.1, -0.05) is 6.42 Å². The molecule has 0 saturated heterocycles. The number of nitrogens with two attached hydrogens (primary N) is 1. The highest BCUT2D eigenvalue weighted by Crippen LogP contribution is 2.25. The van der Waals surface area contributed by atoms with Crippen LogP contribution in [0.5, 0.6) is 0 Å². The van der Waals surface area contributed by atoms with Crippen molar-refractivity contribution in [2.45, 2.75) is 30.1 Å². The zero-order valence-electron chi connectivity index (χ0n) is 7.60. The van der Waals surface area contributed by atoms with E-state index in [-0.39, 0.29) is 17.9 Å². The molecule has 0 bridgehead atoms. The predicted molar refractivity (Wildman–Crippen MR) is 52.2 cm³/mol. The molecule has 6 heteroatoms. The number of carbonyl (C=O) groups excluding carboxylic acids is 1. The number of amides is 1. The molecule has 3 N–H and O–H groups in total.